The Morgan fingerprint density at radius 2 is 1.85 bits per heavy atom. The van der Waals surface area contributed by atoms with Crippen LogP contribution in [0.4, 0.5) is 26.0 Å². The fourth-order valence-electron chi connectivity index (χ4n) is 2.73. The van der Waals surface area contributed by atoms with Gasteiger partial charge in [0.05, 0.1) is 10.4 Å². The van der Waals surface area contributed by atoms with Crippen molar-refractivity contribution in [1.29, 1.82) is 0 Å². The van der Waals surface area contributed by atoms with Gasteiger partial charge in [0.15, 0.2) is 17.2 Å². The molecule has 0 aliphatic rings. The zero-order valence-electron chi connectivity index (χ0n) is 13.3. The van der Waals surface area contributed by atoms with E-state index in [1.165, 1.54) is 6.07 Å². The van der Waals surface area contributed by atoms with E-state index >= 15 is 0 Å². The summed E-state index contributed by atoms with van der Waals surface area (Å²) in [6.45, 7) is 0. The second-order valence-corrected chi connectivity index (χ2v) is 6.02. The van der Waals surface area contributed by atoms with Gasteiger partial charge in [-0.1, -0.05) is 29.8 Å². The summed E-state index contributed by atoms with van der Waals surface area (Å²) in [7, 11) is 0. The molecule has 0 bridgehead atoms. The van der Waals surface area contributed by atoms with Crippen molar-refractivity contribution in [2.45, 2.75) is 0 Å². The van der Waals surface area contributed by atoms with Crippen LogP contribution in [-0.4, -0.2) is 4.98 Å². The summed E-state index contributed by atoms with van der Waals surface area (Å²) in [6, 6.07) is 12.4. The molecule has 0 unspecified atom stereocenters. The van der Waals surface area contributed by atoms with Gasteiger partial charge in [-0.3, -0.25) is 4.98 Å². The topological polar surface area (TPSA) is 64.1 Å². The van der Waals surface area contributed by atoms with Gasteiger partial charge in [-0.2, -0.15) is 0 Å². The van der Waals surface area contributed by atoms with Crippen molar-refractivity contribution in [3.63, 3.8) is 0 Å². The molecule has 2 aromatic heterocycles. The predicted molar refractivity (Wildman–Crippen MR) is 98.5 cm³/mol. The van der Waals surface area contributed by atoms with Gasteiger partial charge in [0.25, 0.3) is 0 Å². The van der Waals surface area contributed by atoms with Crippen molar-refractivity contribution in [3.05, 3.63) is 71.4 Å². The van der Waals surface area contributed by atoms with Gasteiger partial charge < -0.3 is 15.5 Å². The number of aromatic nitrogens is 1. The molecule has 130 valence electrons. The number of hydrogen-bond donors (Lipinski definition) is 2. The SMILES string of the molecule is Nc1oc2c(-c3ccccc3Cl)nccc2c1Nc1ccc(F)c(F)c1. The third-order valence-electron chi connectivity index (χ3n) is 3.95. The molecule has 0 atom stereocenters. The van der Waals surface area contributed by atoms with Crippen molar-refractivity contribution >= 4 is 39.8 Å². The zero-order valence-corrected chi connectivity index (χ0v) is 14.0. The van der Waals surface area contributed by atoms with E-state index in [9.17, 15) is 8.78 Å². The van der Waals surface area contributed by atoms with Crippen molar-refractivity contribution in [2.75, 3.05) is 11.1 Å². The third-order valence-corrected chi connectivity index (χ3v) is 4.28. The summed E-state index contributed by atoms with van der Waals surface area (Å²) in [4.78, 5) is 4.35. The van der Waals surface area contributed by atoms with E-state index in [0.717, 1.165) is 12.1 Å². The molecule has 2 heterocycles. The first-order chi connectivity index (χ1) is 12.5. The molecule has 0 spiro atoms. The largest absolute Gasteiger partial charge is 0.436 e. The highest BCUT2D eigenvalue weighted by molar-refractivity contribution is 6.33. The number of halogens is 3. The van der Waals surface area contributed by atoms with Crippen LogP contribution in [0.3, 0.4) is 0 Å². The maximum atomic E-state index is 13.5. The Kier molecular flexibility index (Phi) is 3.97. The Bertz CT molecular complexity index is 1130. The lowest BCUT2D eigenvalue weighted by atomic mass is 10.1. The lowest BCUT2D eigenvalue weighted by molar-refractivity contribution is 0.509. The van der Waals surface area contributed by atoms with E-state index in [-0.39, 0.29) is 5.88 Å². The minimum absolute atomic E-state index is 0.103. The van der Waals surface area contributed by atoms with Crippen LogP contribution in [0.5, 0.6) is 0 Å². The Morgan fingerprint density at radius 1 is 1.04 bits per heavy atom. The van der Waals surface area contributed by atoms with Crippen LogP contribution >= 0.6 is 11.6 Å². The number of rotatable bonds is 3. The van der Waals surface area contributed by atoms with E-state index in [4.69, 9.17) is 21.8 Å². The number of nitrogens with two attached hydrogens (primary N) is 1. The van der Waals surface area contributed by atoms with Crippen molar-refractivity contribution in [1.82, 2.24) is 4.98 Å². The van der Waals surface area contributed by atoms with E-state index in [1.54, 1.807) is 18.3 Å². The standard InChI is InChI=1S/C19H12ClF2N3O/c20-13-4-2-1-3-11(13)16-18-12(7-8-24-16)17(19(23)26-18)25-10-5-6-14(21)15(22)9-10/h1-9,25H,23H2. The fourth-order valence-corrected chi connectivity index (χ4v) is 2.96. The minimum atomic E-state index is -0.959. The van der Waals surface area contributed by atoms with E-state index in [0.29, 0.717) is 38.6 Å². The summed E-state index contributed by atoms with van der Waals surface area (Å²) < 4.78 is 32.3. The molecular weight excluding hydrogens is 360 g/mol. The van der Waals surface area contributed by atoms with Crippen molar-refractivity contribution < 1.29 is 13.2 Å². The molecule has 0 saturated heterocycles. The maximum Gasteiger partial charge on any atom is 0.215 e. The van der Waals surface area contributed by atoms with Gasteiger partial charge in [0.2, 0.25) is 5.88 Å². The Hall–Kier alpha value is -3.12. The van der Waals surface area contributed by atoms with Crippen LogP contribution in [0.15, 0.2) is 59.1 Å². The monoisotopic (exact) mass is 371 g/mol. The third kappa shape index (κ3) is 2.74. The van der Waals surface area contributed by atoms with Crippen LogP contribution in [-0.2, 0) is 0 Å². The van der Waals surface area contributed by atoms with Crippen LogP contribution in [0, 0.1) is 11.6 Å². The van der Waals surface area contributed by atoms with E-state index in [2.05, 4.69) is 10.3 Å². The first-order valence-corrected chi connectivity index (χ1v) is 8.06. The second-order valence-electron chi connectivity index (χ2n) is 5.61. The Labute approximate surface area is 152 Å². The molecule has 0 aliphatic carbocycles. The van der Waals surface area contributed by atoms with Crippen LogP contribution in [0.1, 0.15) is 0 Å². The van der Waals surface area contributed by atoms with Crippen molar-refractivity contribution in [2.24, 2.45) is 0 Å². The number of pyridine rings is 1. The van der Waals surface area contributed by atoms with Crippen LogP contribution in [0.25, 0.3) is 22.2 Å². The minimum Gasteiger partial charge on any atom is -0.436 e. The summed E-state index contributed by atoms with van der Waals surface area (Å²) >= 11 is 6.26. The van der Waals surface area contributed by atoms with E-state index < -0.39 is 11.6 Å². The molecule has 0 fully saturated rings. The molecular formula is C19H12ClF2N3O. The molecule has 3 N–H and O–H groups in total. The van der Waals surface area contributed by atoms with Gasteiger partial charge >= 0.3 is 0 Å². The molecule has 7 heteroatoms. The summed E-state index contributed by atoms with van der Waals surface area (Å²) in [5.74, 6) is -1.78. The lowest BCUT2D eigenvalue weighted by Gasteiger charge is -2.06. The molecule has 0 amide bonds. The highest BCUT2D eigenvalue weighted by Gasteiger charge is 2.18. The normalized spacial score (nSPS) is 11.0. The average molecular weight is 372 g/mol. The lowest BCUT2D eigenvalue weighted by Crippen LogP contribution is -1.95. The molecule has 0 saturated carbocycles. The molecule has 0 radical (unpaired) electrons. The quantitative estimate of drug-likeness (QED) is 0.481. The highest BCUT2D eigenvalue weighted by atomic mass is 35.5. The number of benzene rings is 2. The second kappa shape index (κ2) is 6.31. The van der Waals surface area contributed by atoms with E-state index in [1.807, 2.05) is 18.2 Å². The number of nitrogens with one attached hydrogen (secondary N) is 1. The average Bonchev–Trinajstić information content (AvgIpc) is 2.94. The number of furan rings is 1. The molecule has 4 nitrogen and oxygen atoms in total. The number of hydrogen-bond acceptors (Lipinski definition) is 4. The fraction of sp³-hybridized carbons (Fsp3) is 0. The Balaban J connectivity index is 1.85. The molecule has 4 aromatic rings. The number of fused-ring (bicyclic) bond motifs is 1. The predicted octanol–water partition coefficient (Wildman–Crippen LogP) is 5.75. The number of nitrogen functional groups attached to an aromatic ring is 1. The first-order valence-electron chi connectivity index (χ1n) is 7.68. The number of anilines is 3. The summed E-state index contributed by atoms with van der Waals surface area (Å²) in [5.41, 5.74) is 8.47. The number of nitrogens with zero attached hydrogens (tertiary/aromatic N) is 1. The first kappa shape index (κ1) is 16.4. The van der Waals surface area contributed by atoms with Crippen LogP contribution < -0.4 is 11.1 Å². The Morgan fingerprint density at radius 3 is 2.62 bits per heavy atom. The van der Waals surface area contributed by atoms with Gasteiger partial charge in [-0.05, 0) is 24.3 Å². The van der Waals surface area contributed by atoms with Crippen molar-refractivity contribution in [3.8, 4) is 11.3 Å². The van der Waals surface area contributed by atoms with Gasteiger partial charge in [0.1, 0.15) is 11.4 Å². The molecule has 26 heavy (non-hydrogen) atoms. The molecule has 2 aromatic carbocycles. The summed E-state index contributed by atoms with van der Waals surface area (Å²) in [6.07, 6.45) is 1.60. The molecule has 4 rings (SSSR count). The highest BCUT2D eigenvalue weighted by Crippen LogP contribution is 2.40. The maximum absolute atomic E-state index is 13.5. The smallest absolute Gasteiger partial charge is 0.215 e. The van der Waals surface area contributed by atoms with Gasteiger partial charge in [-0.15, -0.1) is 0 Å². The van der Waals surface area contributed by atoms with Gasteiger partial charge in [-0.25, -0.2) is 8.78 Å². The molecule has 0 aliphatic heterocycles. The van der Waals surface area contributed by atoms with Gasteiger partial charge in [0, 0.05) is 23.5 Å². The summed E-state index contributed by atoms with van der Waals surface area (Å²) in [5, 5.41) is 4.15. The van der Waals surface area contributed by atoms with Crippen LogP contribution in [0.2, 0.25) is 5.02 Å². The zero-order chi connectivity index (χ0) is 18.3.